The molecule has 0 aliphatic rings. The second-order valence-electron chi connectivity index (χ2n) is 7.02. The normalized spacial score (nSPS) is 10.7. The van der Waals surface area contributed by atoms with Gasteiger partial charge in [-0.25, -0.2) is 4.98 Å². The summed E-state index contributed by atoms with van der Waals surface area (Å²) in [5.41, 5.74) is 5.14. The topological polar surface area (TPSA) is 42.0 Å². The number of hydrogen-bond acceptors (Lipinski definition) is 3. The molecule has 3 nitrogen and oxygen atoms in total. The van der Waals surface area contributed by atoms with Crippen LogP contribution < -0.4 is 5.32 Å². The van der Waals surface area contributed by atoms with Crippen LogP contribution in [0.15, 0.2) is 78.9 Å². The van der Waals surface area contributed by atoms with Crippen molar-refractivity contribution in [2.45, 2.75) is 19.9 Å². The van der Waals surface area contributed by atoms with Gasteiger partial charge in [0.25, 0.3) is 0 Å². The number of halogens is 1. The Labute approximate surface area is 185 Å². The van der Waals surface area contributed by atoms with Gasteiger partial charge >= 0.3 is 0 Å². The molecule has 1 heterocycles. The Kier molecular flexibility index (Phi) is 6.26. The number of amides is 1. The third kappa shape index (κ3) is 4.78. The van der Waals surface area contributed by atoms with Gasteiger partial charge in [0, 0.05) is 10.4 Å². The average molecular weight is 433 g/mol. The molecule has 0 saturated carbocycles. The van der Waals surface area contributed by atoms with E-state index < -0.39 is 0 Å². The third-order valence-electron chi connectivity index (χ3n) is 4.87. The minimum absolute atomic E-state index is 0.00504. The second kappa shape index (κ2) is 9.24. The van der Waals surface area contributed by atoms with Crippen LogP contribution in [-0.4, -0.2) is 10.9 Å². The third-order valence-corrected chi connectivity index (χ3v) is 6.39. The molecular weight excluding hydrogens is 412 g/mol. The molecule has 0 aliphatic heterocycles. The number of hydrogen-bond donors (Lipinski definition) is 1. The fourth-order valence-corrected chi connectivity index (χ4v) is 4.54. The van der Waals surface area contributed by atoms with Crippen molar-refractivity contribution in [3.63, 3.8) is 0 Å². The molecular formula is C25H21ClN2OS. The Morgan fingerprint density at radius 2 is 1.60 bits per heavy atom. The molecule has 4 aromatic rings. The van der Waals surface area contributed by atoms with E-state index in [1.165, 1.54) is 5.56 Å². The van der Waals surface area contributed by atoms with Crippen LogP contribution in [0.3, 0.4) is 0 Å². The molecule has 0 spiro atoms. The molecule has 0 bridgehead atoms. The summed E-state index contributed by atoms with van der Waals surface area (Å²) < 4.78 is 0. The van der Waals surface area contributed by atoms with Gasteiger partial charge in [0.05, 0.1) is 23.7 Å². The van der Waals surface area contributed by atoms with Crippen LogP contribution in [0.5, 0.6) is 0 Å². The summed E-state index contributed by atoms with van der Waals surface area (Å²) in [4.78, 5) is 18.1. The van der Waals surface area contributed by atoms with Crippen LogP contribution in [0.4, 0.5) is 0 Å². The summed E-state index contributed by atoms with van der Waals surface area (Å²) in [5.74, 6) is -0.00504. The second-order valence-corrected chi connectivity index (χ2v) is 8.51. The van der Waals surface area contributed by atoms with Gasteiger partial charge in [0.15, 0.2) is 0 Å². The zero-order valence-electron chi connectivity index (χ0n) is 16.6. The molecule has 0 radical (unpaired) electrons. The van der Waals surface area contributed by atoms with Crippen LogP contribution >= 0.6 is 22.9 Å². The highest BCUT2D eigenvalue weighted by Gasteiger charge is 2.13. The number of nitrogens with zero attached hydrogens (tertiary/aromatic N) is 1. The van der Waals surface area contributed by atoms with E-state index >= 15 is 0 Å². The lowest BCUT2D eigenvalue weighted by atomic mass is 10.0. The minimum Gasteiger partial charge on any atom is -0.351 e. The Morgan fingerprint density at radius 3 is 2.33 bits per heavy atom. The first-order valence-electron chi connectivity index (χ1n) is 9.72. The maximum atomic E-state index is 12.4. The predicted molar refractivity (Wildman–Crippen MR) is 125 cm³/mol. The van der Waals surface area contributed by atoms with E-state index in [2.05, 4.69) is 34.6 Å². The van der Waals surface area contributed by atoms with Gasteiger partial charge in [-0.3, -0.25) is 4.79 Å². The minimum atomic E-state index is -0.00504. The van der Waals surface area contributed by atoms with Crippen molar-refractivity contribution in [1.82, 2.24) is 10.3 Å². The van der Waals surface area contributed by atoms with Gasteiger partial charge in [-0.2, -0.15) is 0 Å². The molecule has 0 atom stereocenters. The summed E-state index contributed by atoms with van der Waals surface area (Å²) >= 11 is 7.85. The fourth-order valence-electron chi connectivity index (χ4n) is 3.21. The first kappa shape index (κ1) is 20.3. The number of carbonyl (C=O) groups is 1. The molecule has 0 aliphatic carbocycles. The molecule has 0 unspecified atom stereocenters. The monoisotopic (exact) mass is 432 g/mol. The Balaban J connectivity index is 1.37. The smallest absolute Gasteiger partial charge is 0.224 e. The highest BCUT2D eigenvalue weighted by Crippen LogP contribution is 2.32. The number of benzene rings is 3. The van der Waals surface area contributed by atoms with E-state index in [9.17, 15) is 4.79 Å². The number of rotatable bonds is 6. The number of aromatic nitrogens is 1. The SMILES string of the molecule is Cc1nc(-c2ccccc2Cl)sc1CNC(=O)Cc1ccc(-c2ccccc2)cc1. The largest absolute Gasteiger partial charge is 0.351 e. The van der Waals surface area contributed by atoms with Crippen LogP contribution in [0.25, 0.3) is 21.7 Å². The van der Waals surface area contributed by atoms with Gasteiger partial charge < -0.3 is 5.32 Å². The van der Waals surface area contributed by atoms with E-state index in [0.29, 0.717) is 18.0 Å². The highest BCUT2D eigenvalue weighted by atomic mass is 35.5. The van der Waals surface area contributed by atoms with E-state index in [1.807, 2.05) is 61.5 Å². The predicted octanol–water partition coefficient (Wildman–Crippen LogP) is 6.30. The molecule has 3 aromatic carbocycles. The lowest BCUT2D eigenvalue weighted by Gasteiger charge is -2.06. The molecule has 1 amide bonds. The maximum absolute atomic E-state index is 12.4. The van der Waals surface area contributed by atoms with Crippen LogP contribution in [-0.2, 0) is 17.8 Å². The van der Waals surface area contributed by atoms with Gasteiger partial charge in [0.1, 0.15) is 5.01 Å². The first-order valence-corrected chi connectivity index (χ1v) is 10.9. The van der Waals surface area contributed by atoms with Crippen molar-refractivity contribution in [1.29, 1.82) is 0 Å². The molecule has 0 saturated heterocycles. The van der Waals surface area contributed by atoms with Crippen LogP contribution in [0.1, 0.15) is 16.1 Å². The number of thiazole rings is 1. The number of aryl methyl sites for hydroxylation is 1. The highest BCUT2D eigenvalue weighted by molar-refractivity contribution is 7.15. The molecule has 30 heavy (non-hydrogen) atoms. The van der Waals surface area contributed by atoms with Crippen molar-refractivity contribution in [2.24, 2.45) is 0 Å². The van der Waals surface area contributed by atoms with Gasteiger partial charge in [0.2, 0.25) is 5.91 Å². The van der Waals surface area contributed by atoms with Crippen molar-refractivity contribution in [3.8, 4) is 21.7 Å². The van der Waals surface area contributed by atoms with E-state index in [4.69, 9.17) is 11.6 Å². The zero-order chi connectivity index (χ0) is 20.9. The molecule has 4 rings (SSSR count). The van der Waals surface area contributed by atoms with Crippen molar-refractivity contribution in [2.75, 3.05) is 0 Å². The number of carbonyl (C=O) groups excluding carboxylic acids is 1. The van der Waals surface area contributed by atoms with E-state index in [0.717, 1.165) is 32.3 Å². The van der Waals surface area contributed by atoms with Crippen LogP contribution in [0.2, 0.25) is 5.02 Å². The van der Waals surface area contributed by atoms with Gasteiger partial charge in [-0.1, -0.05) is 84.4 Å². The maximum Gasteiger partial charge on any atom is 0.224 e. The Morgan fingerprint density at radius 1 is 0.933 bits per heavy atom. The molecule has 0 fully saturated rings. The summed E-state index contributed by atoms with van der Waals surface area (Å²) in [6.07, 6.45) is 0.351. The lowest BCUT2D eigenvalue weighted by molar-refractivity contribution is -0.120. The van der Waals surface area contributed by atoms with Crippen LogP contribution in [0, 0.1) is 6.92 Å². The Hall–Kier alpha value is -2.95. The molecule has 1 N–H and O–H groups in total. The summed E-state index contributed by atoms with van der Waals surface area (Å²) in [7, 11) is 0. The van der Waals surface area contributed by atoms with Crippen molar-refractivity contribution < 1.29 is 4.79 Å². The number of nitrogens with one attached hydrogen (secondary N) is 1. The standard InChI is InChI=1S/C25H21ClN2OS/c1-17-23(30-25(28-17)21-9-5-6-10-22(21)26)16-27-24(29)15-18-11-13-20(14-12-18)19-7-3-2-4-8-19/h2-14H,15-16H2,1H3,(H,27,29). The summed E-state index contributed by atoms with van der Waals surface area (Å²) in [6.45, 7) is 2.43. The summed E-state index contributed by atoms with van der Waals surface area (Å²) in [6, 6.07) is 26.0. The van der Waals surface area contributed by atoms with Crippen molar-refractivity contribution in [3.05, 3.63) is 100 Å². The zero-order valence-corrected chi connectivity index (χ0v) is 18.1. The van der Waals surface area contributed by atoms with E-state index in [1.54, 1.807) is 11.3 Å². The van der Waals surface area contributed by atoms with Gasteiger partial charge in [-0.15, -0.1) is 11.3 Å². The fraction of sp³-hybridized carbons (Fsp3) is 0.120. The average Bonchev–Trinajstić information content (AvgIpc) is 3.14. The van der Waals surface area contributed by atoms with E-state index in [-0.39, 0.29) is 5.91 Å². The first-order chi connectivity index (χ1) is 14.6. The lowest BCUT2D eigenvalue weighted by Crippen LogP contribution is -2.24. The van der Waals surface area contributed by atoms with Gasteiger partial charge in [-0.05, 0) is 29.7 Å². The molecule has 5 heteroatoms. The quantitative estimate of drug-likeness (QED) is 0.388. The Bertz CT molecular complexity index is 1150. The summed E-state index contributed by atoms with van der Waals surface area (Å²) in [5, 5.41) is 4.57. The molecule has 1 aromatic heterocycles. The van der Waals surface area contributed by atoms with Crippen molar-refractivity contribution >= 4 is 28.8 Å². The molecule has 150 valence electrons.